The molecule has 3 rings (SSSR count). The van der Waals surface area contributed by atoms with Crippen molar-refractivity contribution in [2.24, 2.45) is 0 Å². The number of fused-ring (bicyclic) bond motifs is 1. The van der Waals surface area contributed by atoms with Gasteiger partial charge in [0.15, 0.2) is 0 Å². The molecule has 3 aromatic rings. The maximum Gasteiger partial charge on any atom is 0.255 e. The van der Waals surface area contributed by atoms with Crippen molar-refractivity contribution in [1.29, 1.82) is 5.26 Å². The number of anilines is 1. The molecule has 0 fully saturated rings. The fraction of sp³-hybridized carbons (Fsp3) is 0. The van der Waals surface area contributed by atoms with Gasteiger partial charge in [0, 0.05) is 11.3 Å². The Morgan fingerprint density at radius 3 is 2.95 bits per heavy atom. The molecule has 0 aliphatic rings. The summed E-state index contributed by atoms with van der Waals surface area (Å²) in [4.78, 5) is 19.3. The standard InChI is InChI=1S/C15H9ClN4O/c16-12-3-2-11(5-10(12)7-17)20-15(21)9-1-4-13-14(6-9)19-8-18-13/h1-6,8H,(H,18,19)(H,20,21). The predicted molar refractivity (Wildman–Crippen MR) is 80.2 cm³/mol. The summed E-state index contributed by atoms with van der Waals surface area (Å²) < 4.78 is 0. The lowest BCUT2D eigenvalue weighted by atomic mass is 10.1. The number of benzene rings is 2. The van der Waals surface area contributed by atoms with Gasteiger partial charge in [0.25, 0.3) is 5.91 Å². The van der Waals surface area contributed by atoms with Crippen molar-refractivity contribution in [3.8, 4) is 6.07 Å². The largest absolute Gasteiger partial charge is 0.345 e. The summed E-state index contributed by atoms with van der Waals surface area (Å²) in [6.45, 7) is 0. The number of hydrogen-bond donors (Lipinski definition) is 2. The van der Waals surface area contributed by atoms with Gasteiger partial charge in [0.1, 0.15) is 6.07 Å². The van der Waals surface area contributed by atoms with Gasteiger partial charge in [0.2, 0.25) is 0 Å². The second-order valence-corrected chi connectivity index (χ2v) is 4.80. The van der Waals surface area contributed by atoms with Crippen LogP contribution in [-0.2, 0) is 0 Å². The molecule has 0 bridgehead atoms. The molecule has 0 saturated heterocycles. The molecular weight excluding hydrogens is 288 g/mol. The Morgan fingerprint density at radius 2 is 2.14 bits per heavy atom. The summed E-state index contributed by atoms with van der Waals surface area (Å²) in [7, 11) is 0. The van der Waals surface area contributed by atoms with Crippen LogP contribution in [0.3, 0.4) is 0 Å². The van der Waals surface area contributed by atoms with Gasteiger partial charge in [-0.05, 0) is 36.4 Å². The van der Waals surface area contributed by atoms with E-state index in [9.17, 15) is 4.79 Å². The van der Waals surface area contributed by atoms with Crippen LogP contribution in [-0.4, -0.2) is 15.9 Å². The Hall–Kier alpha value is -2.84. The van der Waals surface area contributed by atoms with Crippen LogP contribution in [0.1, 0.15) is 15.9 Å². The second-order valence-electron chi connectivity index (χ2n) is 4.40. The minimum absolute atomic E-state index is 0.266. The molecule has 0 aliphatic carbocycles. The first-order chi connectivity index (χ1) is 10.2. The van der Waals surface area contributed by atoms with Gasteiger partial charge in [-0.15, -0.1) is 0 Å². The van der Waals surface area contributed by atoms with Crippen molar-refractivity contribution in [2.45, 2.75) is 0 Å². The van der Waals surface area contributed by atoms with Crippen molar-refractivity contribution in [2.75, 3.05) is 5.32 Å². The average molecular weight is 297 g/mol. The van der Waals surface area contributed by atoms with Crippen LogP contribution in [0.25, 0.3) is 11.0 Å². The van der Waals surface area contributed by atoms with Gasteiger partial charge in [-0.2, -0.15) is 5.26 Å². The van der Waals surface area contributed by atoms with E-state index in [1.54, 1.807) is 36.7 Å². The number of aromatic amines is 1. The Balaban J connectivity index is 1.87. The summed E-state index contributed by atoms with van der Waals surface area (Å²) >= 11 is 5.86. The van der Waals surface area contributed by atoms with Crippen LogP contribution in [0.2, 0.25) is 5.02 Å². The third-order valence-corrected chi connectivity index (χ3v) is 3.36. The number of aromatic nitrogens is 2. The highest BCUT2D eigenvalue weighted by Crippen LogP contribution is 2.20. The minimum Gasteiger partial charge on any atom is -0.345 e. The van der Waals surface area contributed by atoms with E-state index in [0.29, 0.717) is 21.8 Å². The summed E-state index contributed by atoms with van der Waals surface area (Å²) in [6.07, 6.45) is 1.57. The van der Waals surface area contributed by atoms with Crippen LogP contribution in [0.5, 0.6) is 0 Å². The molecule has 102 valence electrons. The lowest BCUT2D eigenvalue weighted by Gasteiger charge is -2.06. The van der Waals surface area contributed by atoms with Crippen LogP contribution in [0, 0.1) is 11.3 Å². The number of nitriles is 1. The van der Waals surface area contributed by atoms with Gasteiger partial charge < -0.3 is 10.3 Å². The lowest BCUT2D eigenvalue weighted by Crippen LogP contribution is -2.11. The van der Waals surface area contributed by atoms with Crippen molar-refractivity contribution in [3.63, 3.8) is 0 Å². The fourth-order valence-corrected chi connectivity index (χ4v) is 2.13. The van der Waals surface area contributed by atoms with Gasteiger partial charge >= 0.3 is 0 Å². The Labute approximate surface area is 125 Å². The van der Waals surface area contributed by atoms with Crippen molar-refractivity contribution >= 4 is 34.2 Å². The van der Waals surface area contributed by atoms with Crippen LogP contribution in [0.4, 0.5) is 5.69 Å². The van der Waals surface area contributed by atoms with E-state index in [4.69, 9.17) is 16.9 Å². The highest BCUT2D eigenvalue weighted by molar-refractivity contribution is 6.31. The van der Waals surface area contributed by atoms with E-state index in [1.807, 2.05) is 6.07 Å². The van der Waals surface area contributed by atoms with Crippen molar-refractivity contribution in [3.05, 3.63) is 58.9 Å². The molecule has 6 heteroatoms. The number of nitrogens with zero attached hydrogens (tertiary/aromatic N) is 2. The Bertz CT molecular complexity index is 879. The van der Waals surface area contributed by atoms with Crippen molar-refractivity contribution < 1.29 is 4.79 Å². The van der Waals surface area contributed by atoms with Gasteiger partial charge in [0.05, 0.1) is 27.9 Å². The summed E-state index contributed by atoms with van der Waals surface area (Å²) in [6, 6.07) is 11.9. The maximum absolute atomic E-state index is 12.2. The number of amides is 1. The zero-order valence-corrected chi connectivity index (χ0v) is 11.5. The van der Waals surface area contributed by atoms with Crippen LogP contribution in [0.15, 0.2) is 42.7 Å². The van der Waals surface area contributed by atoms with Crippen LogP contribution < -0.4 is 5.32 Å². The maximum atomic E-state index is 12.2. The molecule has 2 aromatic carbocycles. The van der Waals surface area contributed by atoms with E-state index >= 15 is 0 Å². The summed E-state index contributed by atoms with van der Waals surface area (Å²) in [5.74, 6) is -0.266. The van der Waals surface area contributed by atoms with Gasteiger partial charge in [-0.25, -0.2) is 4.98 Å². The molecule has 0 radical (unpaired) electrons. The molecule has 0 unspecified atom stereocenters. The Kier molecular flexibility index (Phi) is 3.30. The number of hydrogen-bond acceptors (Lipinski definition) is 3. The Morgan fingerprint density at radius 1 is 1.29 bits per heavy atom. The molecule has 0 spiro atoms. The lowest BCUT2D eigenvalue weighted by molar-refractivity contribution is 0.102. The molecule has 0 atom stereocenters. The van der Waals surface area contributed by atoms with Crippen molar-refractivity contribution in [1.82, 2.24) is 9.97 Å². The molecule has 0 aliphatic heterocycles. The third kappa shape index (κ3) is 2.57. The highest BCUT2D eigenvalue weighted by Gasteiger charge is 2.09. The summed E-state index contributed by atoms with van der Waals surface area (Å²) in [5.41, 5.74) is 2.92. The third-order valence-electron chi connectivity index (χ3n) is 3.03. The molecule has 1 aromatic heterocycles. The molecule has 5 nitrogen and oxygen atoms in total. The first-order valence-electron chi connectivity index (χ1n) is 6.11. The van der Waals surface area contributed by atoms with Gasteiger partial charge in [-0.1, -0.05) is 11.6 Å². The molecule has 1 amide bonds. The first kappa shape index (κ1) is 13.2. The molecule has 0 saturated carbocycles. The average Bonchev–Trinajstić information content (AvgIpc) is 2.96. The number of H-pyrrole nitrogens is 1. The minimum atomic E-state index is -0.266. The second kappa shape index (κ2) is 5.27. The number of halogens is 1. The monoisotopic (exact) mass is 296 g/mol. The number of nitrogens with one attached hydrogen (secondary N) is 2. The van der Waals surface area contributed by atoms with E-state index in [-0.39, 0.29) is 5.91 Å². The van der Waals surface area contributed by atoms with E-state index < -0.39 is 0 Å². The predicted octanol–water partition coefficient (Wildman–Crippen LogP) is 3.34. The molecular formula is C15H9ClN4O. The SMILES string of the molecule is N#Cc1cc(NC(=O)c2ccc3nc[nH]c3c2)ccc1Cl. The number of carbonyl (C=O) groups is 1. The normalized spacial score (nSPS) is 10.3. The zero-order valence-electron chi connectivity index (χ0n) is 10.7. The van der Waals surface area contributed by atoms with E-state index in [2.05, 4.69) is 15.3 Å². The van der Waals surface area contributed by atoms with E-state index in [0.717, 1.165) is 11.0 Å². The first-order valence-corrected chi connectivity index (χ1v) is 6.49. The summed E-state index contributed by atoms with van der Waals surface area (Å²) in [5, 5.41) is 12.0. The quantitative estimate of drug-likeness (QED) is 0.761. The number of imidazole rings is 1. The molecule has 1 heterocycles. The molecule has 21 heavy (non-hydrogen) atoms. The topological polar surface area (TPSA) is 81.6 Å². The highest BCUT2D eigenvalue weighted by atomic mass is 35.5. The van der Waals surface area contributed by atoms with Crippen LogP contribution >= 0.6 is 11.6 Å². The number of rotatable bonds is 2. The number of carbonyl (C=O) groups excluding carboxylic acids is 1. The smallest absolute Gasteiger partial charge is 0.255 e. The fourth-order valence-electron chi connectivity index (χ4n) is 1.97. The molecule has 2 N–H and O–H groups in total. The van der Waals surface area contributed by atoms with E-state index in [1.165, 1.54) is 6.07 Å². The zero-order chi connectivity index (χ0) is 14.8. The van der Waals surface area contributed by atoms with Gasteiger partial charge in [-0.3, -0.25) is 4.79 Å².